The second-order valence-electron chi connectivity index (χ2n) is 4.76. The molecule has 0 saturated carbocycles. The van der Waals surface area contributed by atoms with Crippen LogP contribution in [0.5, 0.6) is 0 Å². The molecule has 0 fully saturated rings. The maximum Gasteiger partial charge on any atom is 0.263 e. The molecule has 0 bridgehead atoms. The Morgan fingerprint density at radius 1 is 1.00 bits per heavy atom. The number of hydrogen-bond acceptors (Lipinski definition) is 3. The van der Waals surface area contributed by atoms with Gasteiger partial charge in [-0.2, -0.15) is 0 Å². The smallest absolute Gasteiger partial charge is 0.263 e. The van der Waals surface area contributed by atoms with Crippen LogP contribution < -0.4 is 9.62 Å². The van der Waals surface area contributed by atoms with Crippen molar-refractivity contribution in [2.45, 2.75) is 18.7 Å². The highest BCUT2D eigenvalue weighted by Gasteiger charge is 2.17. The fourth-order valence-electron chi connectivity index (χ4n) is 2.20. The van der Waals surface area contributed by atoms with Crippen molar-refractivity contribution in [2.24, 2.45) is 0 Å². The first-order chi connectivity index (χ1) is 10.5. The lowest BCUT2D eigenvalue weighted by Gasteiger charge is -2.21. The number of halogens is 1. The SMILES string of the molecule is CCN(CC)c1ccc(NS(=O)(=O)c2ccccc2Cl)cc1. The Morgan fingerprint density at radius 2 is 1.59 bits per heavy atom. The Balaban J connectivity index is 2.22. The number of nitrogens with one attached hydrogen (secondary N) is 1. The van der Waals surface area contributed by atoms with Gasteiger partial charge in [-0.3, -0.25) is 4.72 Å². The van der Waals surface area contributed by atoms with Crippen LogP contribution in [0.2, 0.25) is 5.02 Å². The average molecular weight is 339 g/mol. The second-order valence-corrected chi connectivity index (χ2v) is 6.81. The van der Waals surface area contributed by atoms with Gasteiger partial charge in [0.15, 0.2) is 0 Å². The minimum Gasteiger partial charge on any atom is -0.372 e. The third-order valence-electron chi connectivity index (χ3n) is 3.37. The van der Waals surface area contributed by atoms with Crippen LogP contribution >= 0.6 is 11.6 Å². The van der Waals surface area contributed by atoms with Gasteiger partial charge in [0.25, 0.3) is 10.0 Å². The predicted octanol–water partition coefficient (Wildman–Crippen LogP) is 3.99. The summed E-state index contributed by atoms with van der Waals surface area (Å²) in [5.74, 6) is 0. The molecule has 0 aliphatic rings. The summed E-state index contributed by atoms with van der Waals surface area (Å²) in [5.41, 5.74) is 1.57. The second kappa shape index (κ2) is 7.03. The van der Waals surface area contributed by atoms with E-state index in [4.69, 9.17) is 11.6 Å². The summed E-state index contributed by atoms with van der Waals surface area (Å²) in [6.45, 7) is 5.97. The summed E-state index contributed by atoms with van der Waals surface area (Å²) in [4.78, 5) is 2.26. The van der Waals surface area contributed by atoms with Gasteiger partial charge in [0.1, 0.15) is 4.90 Å². The van der Waals surface area contributed by atoms with Crippen LogP contribution in [-0.2, 0) is 10.0 Å². The van der Waals surface area contributed by atoms with Gasteiger partial charge in [0, 0.05) is 24.5 Å². The van der Waals surface area contributed by atoms with E-state index < -0.39 is 10.0 Å². The highest BCUT2D eigenvalue weighted by Crippen LogP contribution is 2.24. The van der Waals surface area contributed by atoms with Crippen molar-refractivity contribution in [1.82, 2.24) is 0 Å². The molecule has 2 aromatic carbocycles. The van der Waals surface area contributed by atoms with E-state index in [0.29, 0.717) is 5.69 Å². The number of rotatable bonds is 6. The van der Waals surface area contributed by atoms with Crippen molar-refractivity contribution in [3.8, 4) is 0 Å². The van der Waals surface area contributed by atoms with Crippen molar-refractivity contribution < 1.29 is 8.42 Å². The zero-order chi connectivity index (χ0) is 16.2. The number of sulfonamides is 1. The molecule has 0 heterocycles. The lowest BCUT2D eigenvalue weighted by atomic mass is 10.2. The topological polar surface area (TPSA) is 49.4 Å². The summed E-state index contributed by atoms with van der Waals surface area (Å²) >= 11 is 5.95. The van der Waals surface area contributed by atoms with E-state index in [9.17, 15) is 8.42 Å². The Hall–Kier alpha value is -1.72. The molecule has 0 aromatic heterocycles. The van der Waals surface area contributed by atoms with Gasteiger partial charge in [-0.1, -0.05) is 23.7 Å². The van der Waals surface area contributed by atoms with E-state index in [1.807, 2.05) is 12.1 Å². The highest BCUT2D eigenvalue weighted by atomic mass is 35.5. The van der Waals surface area contributed by atoms with Gasteiger partial charge in [0.2, 0.25) is 0 Å². The number of nitrogens with zero attached hydrogens (tertiary/aromatic N) is 1. The summed E-state index contributed by atoms with van der Waals surface area (Å²) in [6.07, 6.45) is 0. The Kier molecular flexibility index (Phi) is 5.32. The summed E-state index contributed by atoms with van der Waals surface area (Å²) < 4.78 is 27.2. The maximum absolute atomic E-state index is 12.3. The van der Waals surface area contributed by atoms with Gasteiger partial charge in [-0.15, -0.1) is 0 Å². The Bertz CT molecular complexity index is 726. The molecule has 0 radical (unpaired) electrons. The third-order valence-corrected chi connectivity index (χ3v) is 5.26. The van der Waals surface area contributed by atoms with Crippen LogP contribution in [0.1, 0.15) is 13.8 Å². The largest absolute Gasteiger partial charge is 0.372 e. The fraction of sp³-hybridized carbons (Fsp3) is 0.250. The molecule has 22 heavy (non-hydrogen) atoms. The van der Waals surface area contributed by atoms with Crippen molar-refractivity contribution in [3.63, 3.8) is 0 Å². The van der Waals surface area contributed by atoms with Crippen molar-refractivity contribution in [2.75, 3.05) is 22.7 Å². The number of hydrogen-bond donors (Lipinski definition) is 1. The van der Waals surface area contributed by atoms with Gasteiger partial charge < -0.3 is 4.90 Å². The average Bonchev–Trinajstić information content (AvgIpc) is 2.50. The van der Waals surface area contributed by atoms with E-state index in [1.54, 1.807) is 30.3 Å². The van der Waals surface area contributed by atoms with Crippen molar-refractivity contribution >= 4 is 33.0 Å². The van der Waals surface area contributed by atoms with E-state index in [1.165, 1.54) is 6.07 Å². The molecule has 0 saturated heterocycles. The van der Waals surface area contributed by atoms with E-state index in [-0.39, 0.29) is 9.92 Å². The van der Waals surface area contributed by atoms with E-state index >= 15 is 0 Å². The van der Waals surface area contributed by atoms with Crippen LogP contribution in [0, 0.1) is 0 Å². The first kappa shape index (κ1) is 16.6. The van der Waals surface area contributed by atoms with Gasteiger partial charge >= 0.3 is 0 Å². The Labute approximate surface area is 136 Å². The van der Waals surface area contributed by atoms with E-state index in [0.717, 1.165) is 18.8 Å². The quantitative estimate of drug-likeness (QED) is 0.866. The monoisotopic (exact) mass is 338 g/mol. The molecule has 1 N–H and O–H groups in total. The summed E-state index contributed by atoms with van der Waals surface area (Å²) in [7, 11) is -3.68. The standard InChI is InChI=1S/C16H19ClN2O2S/c1-3-19(4-2)14-11-9-13(10-12-14)18-22(20,21)16-8-6-5-7-15(16)17/h5-12,18H,3-4H2,1-2H3. The first-order valence-electron chi connectivity index (χ1n) is 7.10. The Morgan fingerprint density at radius 3 is 2.14 bits per heavy atom. The molecule has 6 heteroatoms. The molecule has 4 nitrogen and oxygen atoms in total. The molecular formula is C16H19ClN2O2S. The van der Waals surface area contributed by atoms with Crippen LogP contribution in [0.25, 0.3) is 0 Å². The predicted molar refractivity (Wildman–Crippen MR) is 92.3 cm³/mol. The molecule has 0 aliphatic carbocycles. The zero-order valence-corrected chi connectivity index (χ0v) is 14.2. The van der Waals surface area contributed by atoms with Crippen LogP contribution in [-0.4, -0.2) is 21.5 Å². The van der Waals surface area contributed by atoms with Crippen molar-refractivity contribution in [3.05, 3.63) is 53.6 Å². The molecule has 118 valence electrons. The van der Waals surface area contributed by atoms with Gasteiger partial charge in [-0.25, -0.2) is 8.42 Å². The van der Waals surface area contributed by atoms with E-state index in [2.05, 4.69) is 23.5 Å². The van der Waals surface area contributed by atoms with Crippen molar-refractivity contribution in [1.29, 1.82) is 0 Å². The normalized spacial score (nSPS) is 11.2. The van der Waals surface area contributed by atoms with Gasteiger partial charge in [-0.05, 0) is 50.2 Å². The fourth-order valence-corrected chi connectivity index (χ4v) is 3.78. The zero-order valence-electron chi connectivity index (χ0n) is 12.6. The lowest BCUT2D eigenvalue weighted by Crippen LogP contribution is -2.21. The molecule has 0 atom stereocenters. The molecule has 2 rings (SSSR count). The summed E-state index contributed by atoms with van der Waals surface area (Å²) in [6, 6.07) is 13.7. The first-order valence-corrected chi connectivity index (χ1v) is 8.96. The van der Waals surface area contributed by atoms with Crippen LogP contribution in [0.3, 0.4) is 0 Å². The molecule has 0 unspecified atom stereocenters. The van der Waals surface area contributed by atoms with Crippen LogP contribution in [0.15, 0.2) is 53.4 Å². The third kappa shape index (κ3) is 3.72. The minimum absolute atomic E-state index is 0.0736. The van der Waals surface area contributed by atoms with Gasteiger partial charge in [0.05, 0.1) is 5.02 Å². The molecule has 2 aromatic rings. The van der Waals surface area contributed by atoms with Crippen LogP contribution in [0.4, 0.5) is 11.4 Å². The number of benzene rings is 2. The molecule has 0 amide bonds. The lowest BCUT2D eigenvalue weighted by molar-refractivity contribution is 0.601. The minimum atomic E-state index is -3.68. The molecule has 0 spiro atoms. The maximum atomic E-state index is 12.3. The highest BCUT2D eigenvalue weighted by molar-refractivity contribution is 7.92. The summed E-state index contributed by atoms with van der Waals surface area (Å²) in [5, 5.41) is 0.203. The molecular weight excluding hydrogens is 320 g/mol. The number of anilines is 2. The molecule has 0 aliphatic heterocycles.